The second-order valence-corrected chi connectivity index (χ2v) is 8.21. The molecule has 0 aliphatic rings. The van der Waals surface area contributed by atoms with E-state index in [9.17, 15) is 14.7 Å². The summed E-state index contributed by atoms with van der Waals surface area (Å²) in [5, 5.41) is 13.7. The first-order chi connectivity index (χ1) is 16.3. The number of methoxy groups -OCH3 is 1. The molecule has 0 saturated carbocycles. The zero-order chi connectivity index (χ0) is 24.4. The maximum atomic E-state index is 13.5. The number of carbonyl (C=O) groups is 2. The Labute approximate surface area is 206 Å². The van der Waals surface area contributed by atoms with E-state index < -0.39 is 11.9 Å². The van der Waals surface area contributed by atoms with Gasteiger partial charge in [-0.15, -0.1) is 0 Å². The van der Waals surface area contributed by atoms with Gasteiger partial charge in [-0.1, -0.05) is 23.7 Å². The fourth-order valence-corrected chi connectivity index (χ4v) is 4.35. The van der Waals surface area contributed by atoms with Crippen molar-refractivity contribution in [2.75, 3.05) is 7.11 Å². The number of carbonyl (C=O) groups excluding carboxylic acids is 1. The predicted molar refractivity (Wildman–Crippen MR) is 135 cm³/mol. The summed E-state index contributed by atoms with van der Waals surface area (Å²) in [4.78, 5) is 30.0. The van der Waals surface area contributed by atoms with Crippen LogP contribution < -0.4 is 4.74 Å². The van der Waals surface area contributed by atoms with Crippen LogP contribution in [0.3, 0.4) is 0 Å². The molecule has 34 heavy (non-hydrogen) atoms. The van der Waals surface area contributed by atoms with Crippen molar-refractivity contribution in [2.45, 2.75) is 12.8 Å². The number of halogens is 1. The highest BCUT2D eigenvalue weighted by Crippen LogP contribution is 2.38. The lowest BCUT2D eigenvalue weighted by molar-refractivity contribution is -0.137. The monoisotopic (exact) mass is 490 g/mol. The molecule has 4 rings (SSSR count). The van der Waals surface area contributed by atoms with E-state index >= 15 is 0 Å². The fourth-order valence-electron chi connectivity index (χ4n) is 4.12. The van der Waals surface area contributed by atoms with Crippen LogP contribution in [-0.2, 0) is 4.79 Å². The predicted octanol–water partition coefficient (Wildman–Crippen LogP) is 6.25. The lowest BCUT2D eigenvalue weighted by Crippen LogP contribution is -2.17. The molecular formula is C26H19ClN2O4S. The number of ether oxygens (including phenoxy) is 1. The Morgan fingerprint density at radius 3 is 2.35 bits per heavy atom. The van der Waals surface area contributed by atoms with Gasteiger partial charge in [-0.05, 0) is 84.9 Å². The Morgan fingerprint density at radius 2 is 1.76 bits per heavy atom. The van der Waals surface area contributed by atoms with Crippen LogP contribution in [0, 0.1) is 6.92 Å². The van der Waals surface area contributed by atoms with Gasteiger partial charge in [0.2, 0.25) is 0 Å². The summed E-state index contributed by atoms with van der Waals surface area (Å²) in [6.45, 7) is 1.75. The molecule has 1 unspecified atom stereocenters. The van der Waals surface area contributed by atoms with E-state index in [0.717, 1.165) is 0 Å². The van der Waals surface area contributed by atoms with Crippen molar-refractivity contribution in [3.05, 3.63) is 94.1 Å². The molecular weight excluding hydrogens is 472 g/mol. The Hall–Kier alpha value is -3.77. The molecule has 1 atom stereocenters. The van der Waals surface area contributed by atoms with Crippen molar-refractivity contribution < 1.29 is 19.4 Å². The zero-order valence-corrected chi connectivity index (χ0v) is 19.9. The second kappa shape index (κ2) is 9.61. The average molecular weight is 491 g/mol. The van der Waals surface area contributed by atoms with Gasteiger partial charge in [0, 0.05) is 21.7 Å². The first-order valence-electron chi connectivity index (χ1n) is 10.3. The normalized spacial score (nSPS) is 11.6. The molecule has 1 N–H and O–H groups in total. The third kappa shape index (κ3) is 4.24. The van der Waals surface area contributed by atoms with Gasteiger partial charge < -0.3 is 9.84 Å². The van der Waals surface area contributed by atoms with Gasteiger partial charge in [-0.25, -0.2) is 0 Å². The minimum absolute atomic E-state index is 0.287. The Balaban J connectivity index is 1.97. The Kier molecular flexibility index (Phi) is 6.61. The van der Waals surface area contributed by atoms with Crippen molar-refractivity contribution in [2.24, 2.45) is 4.99 Å². The summed E-state index contributed by atoms with van der Waals surface area (Å²) in [5.74, 6) is -1.81. The molecule has 8 heteroatoms. The summed E-state index contributed by atoms with van der Waals surface area (Å²) in [7, 11) is 1.54. The van der Waals surface area contributed by atoms with E-state index in [1.165, 1.54) is 11.7 Å². The van der Waals surface area contributed by atoms with Gasteiger partial charge in [0.25, 0.3) is 5.91 Å². The molecule has 1 aromatic heterocycles. The number of isothiocyanates is 1. The molecule has 0 aliphatic heterocycles. The summed E-state index contributed by atoms with van der Waals surface area (Å²) < 4.78 is 6.92. The van der Waals surface area contributed by atoms with Crippen LogP contribution in [0.2, 0.25) is 5.02 Å². The maximum Gasteiger partial charge on any atom is 0.315 e. The van der Waals surface area contributed by atoms with E-state index in [1.807, 2.05) is 0 Å². The van der Waals surface area contributed by atoms with Crippen LogP contribution in [0.4, 0.5) is 5.69 Å². The molecule has 1 heterocycles. The molecule has 0 bridgehead atoms. The van der Waals surface area contributed by atoms with Gasteiger partial charge in [0.05, 0.1) is 23.5 Å². The second-order valence-electron chi connectivity index (χ2n) is 7.60. The molecule has 0 fully saturated rings. The van der Waals surface area contributed by atoms with Gasteiger partial charge >= 0.3 is 5.97 Å². The van der Waals surface area contributed by atoms with Gasteiger partial charge in [-0.3, -0.25) is 14.2 Å². The number of rotatable bonds is 6. The molecule has 0 aliphatic carbocycles. The molecule has 4 aromatic rings. The standard InChI is InChI=1S/C26H19ClN2O4S/c1-15-23(24(26(31)32)16-5-9-19(10-6-16)28-14-34)21-13-20(33-2)11-12-22(21)29(15)25(30)17-3-7-18(27)8-4-17/h3-13,24H,1-2H3,(H,31,32). The van der Waals surface area contributed by atoms with E-state index in [2.05, 4.69) is 22.4 Å². The lowest BCUT2D eigenvalue weighted by Gasteiger charge is -2.15. The third-order valence-electron chi connectivity index (χ3n) is 5.69. The van der Waals surface area contributed by atoms with E-state index in [-0.39, 0.29) is 5.91 Å². The number of fused-ring (bicyclic) bond motifs is 1. The highest BCUT2D eigenvalue weighted by Gasteiger charge is 2.31. The summed E-state index contributed by atoms with van der Waals surface area (Å²) >= 11 is 10.6. The average Bonchev–Trinajstić information content (AvgIpc) is 3.11. The smallest absolute Gasteiger partial charge is 0.315 e. The van der Waals surface area contributed by atoms with E-state index in [1.54, 1.807) is 73.7 Å². The quantitative estimate of drug-likeness (QED) is 0.255. The molecule has 3 aromatic carbocycles. The van der Waals surface area contributed by atoms with Crippen molar-refractivity contribution in [3.63, 3.8) is 0 Å². The molecule has 0 radical (unpaired) electrons. The largest absolute Gasteiger partial charge is 0.497 e. The molecule has 6 nitrogen and oxygen atoms in total. The molecule has 0 spiro atoms. The van der Waals surface area contributed by atoms with Crippen molar-refractivity contribution >= 4 is 57.4 Å². The molecule has 170 valence electrons. The molecule has 0 saturated heterocycles. The number of benzene rings is 3. The SMILES string of the molecule is COc1ccc2c(c1)c(C(C(=O)O)c1ccc(N=C=S)cc1)c(C)n2C(=O)c1ccc(Cl)cc1. The summed E-state index contributed by atoms with van der Waals surface area (Å²) in [6.07, 6.45) is 0. The van der Waals surface area contributed by atoms with E-state index in [4.69, 9.17) is 16.3 Å². The highest BCUT2D eigenvalue weighted by atomic mass is 35.5. The first kappa shape index (κ1) is 23.4. The van der Waals surface area contributed by atoms with E-state index in [0.29, 0.717) is 49.7 Å². The third-order valence-corrected chi connectivity index (χ3v) is 6.03. The first-order valence-corrected chi connectivity index (χ1v) is 11.0. The van der Waals surface area contributed by atoms with Gasteiger partial charge in [-0.2, -0.15) is 4.99 Å². The Bertz CT molecular complexity index is 1450. The summed E-state index contributed by atoms with van der Waals surface area (Å²) in [6, 6.07) is 18.6. The number of thiocarbonyl (C=S) groups is 1. The maximum absolute atomic E-state index is 13.5. The van der Waals surface area contributed by atoms with Crippen LogP contribution in [0.15, 0.2) is 71.7 Å². The fraction of sp³-hybridized carbons (Fsp3) is 0.115. The lowest BCUT2D eigenvalue weighted by atomic mass is 9.89. The number of hydrogen-bond donors (Lipinski definition) is 1. The van der Waals surface area contributed by atoms with Crippen molar-refractivity contribution in [1.82, 2.24) is 4.57 Å². The van der Waals surface area contributed by atoms with Crippen LogP contribution >= 0.6 is 23.8 Å². The minimum Gasteiger partial charge on any atom is -0.497 e. The van der Waals surface area contributed by atoms with Crippen LogP contribution in [0.1, 0.15) is 33.1 Å². The minimum atomic E-state index is -1.05. The number of carboxylic acids is 1. The molecule has 0 amide bonds. The van der Waals surface area contributed by atoms with Crippen molar-refractivity contribution in [3.8, 4) is 5.75 Å². The van der Waals surface area contributed by atoms with Crippen LogP contribution in [0.5, 0.6) is 5.75 Å². The summed E-state index contributed by atoms with van der Waals surface area (Å²) in [5.41, 5.74) is 3.16. The van der Waals surface area contributed by atoms with Crippen LogP contribution in [0.25, 0.3) is 10.9 Å². The zero-order valence-electron chi connectivity index (χ0n) is 18.3. The topological polar surface area (TPSA) is 80.9 Å². The van der Waals surface area contributed by atoms with Gasteiger partial charge in [0.15, 0.2) is 0 Å². The number of carboxylic acid groups (broad SMARTS) is 1. The van der Waals surface area contributed by atoms with Crippen LogP contribution in [-0.4, -0.2) is 33.8 Å². The Morgan fingerprint density at radius 1 is 1.09 bits per heavy atom. The number of hydrogen-bond acceptors (Lipinski definition) is 5. The highest BCUT2D eigenvalue weighted by molar-refractivity contribution is 7.78. The number of aliphatic carboxylic acids is 1. The number of aliphatic imine (C=N–C) groups is 1. The number of aromatic nitrogens is 1. The van der Waals surface area contributed by atoms with Crippen molar-refractivity contribution in [1.29, 1.82) is 0 Å². The van der Waals surface area contributed by atoms with Gasteiger partial charge in [0.1, 0.15) is 11.7 Å². The number of nitrogens with zero attached hydrogens (tertiary/aromatic N) is 2.